The van der Waals surface area contributed by atoms with Crippen molar-refractivity contribution in [3.05, 3.63) is 155 Å². The lowest BCUT2D eigenvalue weighted by molar-refractivity contribution is 0.591. The highest BCUT2D eigenvalue weighted by Crippen LogP contribution is 2.37. The molecule has 0 bridgehead atoms. The number of nitrogens with one attached hydrogen (secondary N) is 2. The van der Waals surface area contributed by atoms with Crippen LogP contribution in [0, 0.1) is 0 Å². The lowest BCUT2D eigenvalue weighted by Gasteiger charge is -2.29. The monoisotopic (exact) mass is 516 g/mol. The summed E-state index contributed by atoms with van der Waals surface area (Å²) < 4.78 is 0. The maximum atomic E-state index is 3.69. The van der Waals surface area contributed by atoms with Crippen LogP contribution in [0.4, 0.5) is 0 Å². The van der Waals surface area contributed by atoms with Gasteiger partial charge in [0.25, 0.3) is 0 Å². The SMILES string of the molecule is c1ccc2cc(C3CNCc4cc(-c5ccc6c(c5)CNCC6c5ccc6ccccc6c5)ccc43)ccc2c1. The van der Waals surface area contributed by atoms with Gasteiger partial charge in [-0.2, -0.15) is 0 Å². The van der Waals surface area contributed by atoms with Crippen molar-refractivity contribution in [1.29, 1.82) is 0 Å². The Hall–Kier alpha value is -4.24. The van der Waals surface area contributed by atoms with Gasteiger partial charge in [0.05, 0.1) is 0 Å². The molecule has 0 aliphatic carbocycles. The summed E-state index contributed by atoms with van der Waals surface area (Å²) in [5.74, 6) is 0.746. The van der Waals surface area contributed by atoms with Crippen molar-refractivity contribution in [1.82, 2.24) is 10.6 Å². The topological polar surface area (TPSA) is 24.1 Å². The van der Waals surface area contributed by atoms with Gasteiger partial charge in [-0.15, -0.1) is 0 Å². The van der Waals surface area contributed by atoms with E-state index in [1.54, 1.807) is 0 Å². The molecule has 2 aliphatic heterocycles. The summed E-state index contributed by atoms with van der Waals surface area (Å²) in [7, 11) is 0. The lowest BCUT2D eigenvalue weighted by atomic mass is 9.82. The first-order chi connectivity index (χ1) is 19.8. The highest BCUT2D eigenvalue weighted by molar-refractivity contribution is 5.84. The van der Waals surface area contributed by atoms with Crippen LogP contribution in [-0.4, -0.2) is 13.1 Å². The molecule has 0 saturated heterocycles. The van der Waals surface area contributed by atoms with Crippen LogP contribution in [0.25, 0.3) is 32.7 Å². The van der Waals surface area contributed by atoms with Crippen molar-refractivity contribution < 1.29 is 0 Å². The summed E-state index contributed by atoms with van der Waals surface area (Å²) in [5, 5.41) is 12.6. The Balaban J connectivity index is 1.12. The molecule has 0 saturated carbocycles. The van der Waals surface area contributed by atoms with Crippen LogP contribution in [0.3, 0.4) is 0 Å². The zero-order chi connectivity index (χ0) is 26.5. The molecular weight excluding hydrogens is 484 g/mol. The van der Waals surface area contributed by atoms with Gasteiger partial charge in [0.1, 0.15) is 0 Å². The lowest BCUT2D eigenvalue weighted by Crippen LogP contribution is -2.29. The van der Waals surface area contributed by atoms with Gasteiger partial charge in [-0.1, -0.05) is 109 Å². The maximum absolute atomic E-state index is 3.69. The van der Waals surface area contributed by atoms with E-state index in [2.05, 4.69) is 132 Å². The van der Waals surface area contributed by atoms with Crippen molar-refractivity contribution in [3.8, 4) is 11.1 Å². The van der Waals surface area contributed by atoms with E-state index in [0.717, 1.165) is 26.2 Å². The number of hydrogen-bond acceptors (Lipinski definition) is 2. The van der Waals surface area contributed by atoms with Crippen molar-refractivity contribution in [2.75, 3.05) is 13.1 Å². The number of fused-ring (bicyclic) bond motifs is 4. The van der Waals surface area contributed by atoms with Gasteiger partial charge in [-0.3, -0.25) is 0 Å². The first-order valence-corrected chi connectivity index (χ1v) is 14.4. The van der Waals surface area contributed by atoms with Gasteiger partial charge in [-0.25, -0.2) is 0 Å². The average molecular weight is 517 g/mol. The number of rotatable bonds is 3. The second-order valence-corrected chi connectivity index (χ2v) is 11.4. The third-order valence-corrected chi connectivity index (χ3v) is 9.05. The molecule has 2 unspecified atom stereocenters. The molecule has 2 aliphatic rings. The molecule has 0 radical (unpaired) electrons. The Morgan fingerprint density at radius 3 is 1.35 bits per heavy atom. The fourth-order valence-electron chi connectivity index (χ4n) is 6.92. The van der Waals surface area contributed by atoms with Gasteiger partial charge >= 0.3 is 0 Å². The van der Waals surface area contributed by atoms with E-state index in [1.807, 2.05) is 0 Å². The first-order valence-electron chi connectivity index (χ1n) is 14.4. The van der Waals surface area contributed by atoms with Crippen LogP contribution >= 0.6 is 0 Å². The van der Waals surface area contributed by atoms with Crippen LogP contribution < -0.4 is 10.6 Å². The molecule has 0 amide bonds. The Labute approximate surface area is 235 Å². The average Bonchev–Trinajstić information content (AvgIpc) is 3.03. The normalized spacial score (nSPS) is 18.4. The molecule has 6 aromatic rings. The van der Waals surface area contributed by atoms with Gasteiger partial charge in [0, 0.05) is 38.0 Å². The Bertz CT molecular complexity index is 1750. The smallest absolute Gasteiger partial charge is 0.0218 e. The standard InChI is InChI=1S/C38H32N2/c1-3-7-27-17-31(11-9-25(27)5-1)37-23-39-21-33-19-29(13-15-35(33)37)30-14-16-36-34(20-30)22-40-24-38(36)32-12-10-26-6-2-4-8-28(26)18-32/h1-20,37-40H,21-24H2. The maximum Gasteiger partial charge on any atom is 0.0218 e. The Morgan fingerprint density at radius 1 is 0.425 bits per heavy atom. The van der Waals surface area contributed by atoms with Gasteiger partial charge < -0.3 is 10.6 Å². The predicted octanol–water partition coefficient (Wildman–Crippen LogP) is 8.13. The van der Waals surface area contributed by atoms with E-state index >= 15 is 0 Å². The largest absolute Gasteiger partial charge is 0.312 e. The Morgan fingerprint density at radius 2 is 0.875 bits per heavy atom. The third kappa shape index (κ3) is 4.12. The molecule has 0 fully saturated rings. The quantitative estimate of drug-likeness (QED) is 0.248. The van der Waals surface area contributed by atoms with Crippen LogP contribution in [0.5, 0.6) is 0 Å². The molecule has 2 atom stereocenters. The van der Waals surface area contributed by atoms with E-state index in [-0.39, 0.29) is 0 Å². The van der Waals surface area contributed by atoms with E-state index in [9.17, 15) is 0 Å². The summed E-state index contributed by atoms with van der Waals surface area (Å²) in [6.07, 6.45) is 0. The van der Waals surface area contributed by atoms with E-state index < -0.39 is 0 Å². The molecule has 8 rings (SSSR count). The zero-order valence-electron chi connectivity index (χ0n) is 22.5. The fourth-order valence-corrected chi connectivity index (χ4v) is 6.92. The molecule has 40 heavy (non-hydrogen) atoms. The first kappa shape index (κ1) is 23.6. The number of benzene rings is 6. The van der Waals surface area contributed by atoms with Crippen molar-refractivity contribution >= 4 is 21.5 Å². The van der Waals surface area contributed by atoms with Crippen molar-refractivity contribution in [2.24, 2.45) is 0 Å². The molecule has 0 aromatic heterocycles. The summed E-state index contributed by atoms with van der Waals surface area (Å²) in [6.45, 7) is 3.80. The molecule has 2 heterocycles. The summed E-state index contributed by atoms with van der Waals surface area (Å²) in [5.41, 5.74) is 11.1. The molecular formula is C38H32N2. The fraction of sp³-hybridized carbons (Fsp3) is 0.158. The minimum absolute atomic E-state index is 0.373. The van der Waals surface area contributed by atoms with E-state index in [4.69, 9.17) is 0 Å². The van der Waals surface area contributed by atoms with Crippen LogP contribution in [-0.2, 0) is 13.1 Å². The van der Waals surface area contributed by atoms with Crippen molar-refractivity contribution in [2.45, 2.75) is 24.9 Å². The molecule has 194 valence electrons. The minimum atomic E-state index is 0.373. The third-order valence-electron chi connectivity index (χ3n) is 9.05. The summed E-state index contributed by atoms with van der Waals surface area (Å²) in [6, 6.07) is 45.4. The second-order valence-electron chi connectivity index (χ2n) is 11.4. The Kier molecular flexibility index (Phi) is 5.76. The number of hydrogen-bond donors (Lipinski definition) is 2. The van der Waals surface area contributed by atoms with Gasteiger partial charge in [-0.05, 0) is 78.2 Å². The molecule has 2 N–H and O–H groups in total. The van der Waals surface area contributed by atoms with Crippen molar-refractivity contribution in [3.63, 3.8) is 0 Å². The van der Waals surface area contributed by atoms with Crippen LogP contribution in [0.1, 0.15) is 45.2 Å². The highest BCUT2D eigenvalue weighted by Gasteiger charge is 2.24. The molecule has 2 heteroatoms. The molecule has 6 aromatic carbocycles. The summed E-state index contributed by atoms with van der Waals surface area (Å²) >= 11 is 0. The summed E-state index contributed by atoms with van der Waals surface area (Å²) in [4.78, 5) is 0. The molecule has 0 spiro atoms. The van der Waals surface area contributed by atoms with E-state index in [0.29, 0.717) is 11.8 Å². The van der Waals surface area contributed by atoms with Gasteiger partial charge in [0.15, 0.2) is 0 Å². The highest BCUT2D eigenvalue weighted by atomic mass is 14.9. The second kappa shape index (κ2) is 9.75. The van der Waals surface area contributed by atoms with Crippen LogP contribution in [0.2, 0.25) is 0 Å². The van der Waals surface area contributed by atoms with E-state index in [1.165, 1.54) is 66.1 Å². The van der Waals surface area contributed by atoms with Crippen LogP contribution in [0.15, 0.2) is 121 Å². The predicted molar refractivity (Wildman–Crippen MR) is 167 cm³/mol. The zero-order valence-corrected chi connectivity index (χ0v) is 22.5. The minimum Gasteiger partial charge on any atom is -0.312 e. The van der Waals surface area contributed by atoms with Gasteiger partial charge in [0.2, 0.25) is 0 Å². The molecule has 2 nitrogen and oxygen atoms in total.